The van der Waals surface area contributed by atoms with Gasteiger partial charge in [0.05, 0.1) is 11.3 Å². The van der Waals surface area contributed by atoms with Crippen LogP contribution in [0.3, 0.4) is 0 Å². The molecule has 38 heavy (non-hydrogen) atoms. The van der Waals surface area contributed by atoms with Crippen molar-refractivity contribution in [2.45, 2.75) is 45.8 Å². The summed E-state index contributed by atoms with van der Waals surface area (Å²) in [5.41, 5.74) is 2.14. The number of allylic oxidation sites excluding steroid dienone is 2. The number of carbonyl (C=O) groups is 3. The molecule has 11 nitrogen and oxygen atoms in total. The van der Waals surface area contributed by atoms with Gasteiger partial charge in [0, 0.05) is 49.9 Å². The summed E-state index contributed by atoms with van der Waals surface area (Å²) in [6, 6.07) is 1.80. The zero-order valence-electron chi connectivity index (χ0n) is 22.1. The van der Waals surface area contributed by atoms with Crippen LogP contribution in [0.15, 0.2) is 28.7 Å². The molecule has 0 bridgehead atoms. The Morgan fingerprint density at radius 1 is 1.24 bits per heavy atom. The molecule has 0 saturated heterocycles. The van der Waals surface area contributed by atoms with Gasteiger partial charge in [-0.25, -0.2) is 0 Å². The van der Waals surface area contributed by atoms with Crippen LogP contribution in [0.4, 0.5) is 5.69 Å². The lowest BCUT2D eigenvalue weighted by molar-refractivity contribution is -0.139. The van der Waals surface area contributed by atoms with Crippen molar-refractivity contribution in [3.63, 3.8) is 0 Å². The predicted molar refractivity (Wildman–Crippen MR) is 139 cm³/mol. The van der Waals surface area contributed by atoms with Gasteiger partial charge in [0.15, 0.2) is 17.1 Å². The lowest BCUT2D eigenvalue weighted by Crippen LogP contribution is -2.60. The fraction of sp³-hybridized carbons (Fsp3) is 0.481. The van der Waals surface area contributed by atoms with E-state index in [4.69, 9.17) is 11.1 Å². The van der Waals surface area contributed by atoms with Crippen molar-refractivity contribution in [1.82, 2.24) is 5.32 Å². The van der Waals surface area contributed by atoms with E-state index in [2.05, 4.69) is 26.1 Å². The number of ketones is 2. The predicted octanol–water partition coefficient (Wildman–Crippen LogP) is 1.41. The number of phenolic OH excluding ortho intramolecular Hbond substituents is 1. The number of nitrogens with two attached hydrogens (primary N) is 1. The molecule has 8 N–H and O–H groups in total. The molecular weight excluding hydrogens is 492 g/mol. The minimum Gasteiger partial charge on any atom is -0.508 e. The third-order valence-corrected chi connectivity index (χ3v) is 7.55. The van der Waals surface area contributed by atoms with E-state index in [1.807, 2.05) is 4.90 Å². The fourth-order valence-corrected chi connectivity index (χ4v) is 5.72. The summed E-state index contributed by atoms with van der Waals surface area (Å²) >= 11 is 0. The molecule has 3 aliphatic rings. The van der Waals surface area contributed by atoms with Crippen LogP contribution in [0.5, 0.6) is 5.75 Å². The Morgan fingerprint density at radius 3 is 2.42 bits per heavy atom. The highest BCUT2D eigenvalue weighted by Gasteiger charge is 2.61. The van der Waals surface area contributed by atoms with Crippen LogP contribution in [0.1, 0.15) is 48.7 Å². The van der Waals surface area contributed by atoms with Crippen molar-refractivity contribution in [2.24, 2.45) is 23.0 Å². The van der Waals surface area contributed by atoms with Crippen LogP contribution < -0.4 is 16.0 Å². The Bertz CT molecular complexity index is 1350. The number of hydrogen-bond donors (Lipinski definition) is 7. The van der Waals surface area contributed by atoms with Crippen molar-refractivity contribution >= 4 is 28.9 Å². The van der Waals surface area contributed by atoms with E-state index >= 15 is 0 Å². The summed E-state index contributed by atoms with van der Waals surface area (Å²) in [5, 5.41) is 55.8. The Hall–Kier alpha value is -3.70. The van der Waals surface area contributed by atoms with Gasteiger partial charge in [0.1, 0.15) is 17.1 Å². The quantitative estimate of drug-likeness (QED) is 0.277. The van der Waals surface area contributed by atoms with Crippen molar-refractivity contribution in [2.75, 3.05) is 25.5 Å². The first-order valence-corrected chi connectivity index (χ1v) is 12.3. The van der Waals surface area contributed by atoms with E-state index in [9.17, 15) is 34.8 Å². The zero-order valence-corrected chi connectivity index (χ0v) is 22.1. The summed E-state index contributed by atoms with van der Waals surface area (Å²) in [5.74, 6) is -7.82. The SMILES string of the molecule is CN(C)c1cc(CNCC(C)(C)C)c(O)c2c1C[C@H]1C[C@H]3C(=N)C(O)=C(C(N)=O)C(=O)[C@@]3(O)C(O)=C1C2=O. The highest BCUT2D eigenvalue weighted by molar-refractivity contribution is 6.31. The van der Waals surface area contributed by atoms with Gasteiger partial charge in [0.25, 0.3) is 5.91 Å². The van der Waals surface area contributed by atoms with Gasteiger partial charge >= 0.3 is 0 Å². The largest absolute Gasteiger partial charge is 0.508 e. The second-order valence-electron chi connectivity index (χ2n) is 11.7. The molecule has 3 aliphatic carbocycles. The van der Waals surface area contributed by atoms with Crippen LogP contribution in [-0.4, -0.2) is 69.9 Å². The normalized spacial score (nSPS) is 25.3. The summed E-state index contributed by atoms with van der Waals surface area (Å²) in [6.07, 6.45) is 0.0305. The van der Waals surface area contributed by atoms with Crippen molar-refractivity contribution < 1.29 is 34.8 Å². The number of rotatable bonds is 5. The van der Waals surface area contributed by atoms with Crippen LogP contribution in [0.2, 0.25) is 0 Å². The molecule has 0 aliphatic heterocycles. The van der Waals surface area contributed by atoms with Gasteiger partial charge in [-0.2, -0.15) is 0 Å². The number of hydrogen-bond acceptors (Lipinski definition) is 10. The summed E-state index contributed by atoms with van der Waals surface area (Å²) in [6.45, 7) is 7.09. The maximum atomic E-state index is 13.9. The average Bonchev–Trinajstić information content (AvgIpc) is 2.79. The molecule has 4 rings (SSSR count). The van der Waals surface area contributed by atoms with E-state index in [-0.39, 0.29) is 41.7 Å². The number of phenols is 1. The van der Waals surface area contributed by atoms with Gasteiger partial charge in [-0.1, -0.05) is 20.8 Å². The van der Waals surface area contributed by atoms with E-state index in [0.29, 0.717) is 23.4 Å². The Kier molecular flexibility index (Phi) is 6.44. The Balaban J connectivity index is 1.87. The molecule has 0 saturated carbocycles. The van der Waals surface area contributed by atoms with Crippen LogP contribution in [-0.2, 0) is 22.6 Å². The Labute approximate surface area is 220 Å². The maximum absolute atomic E-state index is 13.9. The molecule has 1 aromatic rings. The molecule has 3 atom stereocenters. The summed E-state index contributed by atoms with van der Waals surface area (Å²) in [7, 11) is 3.60. The number of benzene rings is 1. The second kappa shape index (κ2) is 8.95. The molecule has 0 aromatic heterocycles. The molecule has 0 fully saturated rings. The number of nitrogens with one attached hydrogen (secondary N) is 2. The van der Waals surface area contributed by atoms with Crippen LogP contribution in [0, 0.1) is 22.7 Å². The number of aromatic hydroxyl groups is 1. The first-order chi connectivity index (χ1) is 17.5. The molecule has 0 heterocycles. The van der Waals surface area contributed by atoms with E-state index < -0.39 is 57.7 Å². The zero-order chi connectivity index (χ0) is 28.5. The number of nitrogens with zero attached hydrogens (tertiary/aromatic N) is 1. The number of amides is 1. The van der Waals surface area contributed by atoms with Gasteiger partial charge in [-0.3, -0.25) is 14.4 Å². The molecule has 0 unspecified atom stereocenters. The monoisotopic (exact) mass is 526 g/mol. The third kappa shape index (κ3) is 3.97. The molecular formula is C27H34N4O7. The van der Waals surface area contributed by atoms with Crippen molar-refractivity contribution in [1.29, 1.82) is 5.41 Å². The van der Waals surface area contributed by atoms with E-state index in [0.717, 1.165) is 0 Å². The number of Topliss-reactive ketones (excluding diaryl/α,β-unsaturated/α-hetero) is 2. The van der Waals surface area contributed by atoms with Crippen molar-refractivity contribution in [3.8, 4) is 5.75 Å². The fourth-order valence-electron chi connectivity index (χ4n) is 5.72. The maximum Gasteiger partial charge on any atom is 0.256 e. The number of carbonyl (C=O) groups excluding carboxylic acids is 3. The number of fused-ring (bicyclic) bond motifs is 3. The van der Waals surface area contributed by atoms with Crippen LogP contribution in [0.25, 0.3) is 0 Å². The molecule has 204 valence electrons. The topological polar surface area (TPSA) is 197 Å². The molecule has 0 spiro atoms. The third-order valence-electron chi connectivity index (χ3n) is 7.55. The second-order valence-corrected chi connectivity index (χ2v) is 11.7. The van der Waals surface area contributed by atoms with Crippen molar-refractivity contribution in [3.05, 3.63) is 45.4 Å². The van der Waals surface area contributed by atoms with Gasteiger partial charge < -0.3 is 41.8 Å². The highest BCUT2D eigenvalue weighted by atomic mass is 16.3. The minimum atomic E-state index is -2.82. The standard InChI is InChI=1S/C27H34N4O7/c1-26(2,3)10-30-9-12-8-15(31(4)5)13-6-11-7-14-19(28)22(34)18(25(29)37)24(36)27(14,38)23(35)16(11)21(33)17(13)20(12)32/h8,11,14,28,30,32,34-35,38H,6-7,9-10H2,1-5H3,(H2,29,37)/t11-,14-,27-/m0/s1. The van der Waals surface area contributed by atoms with Crippen LogP contribution >= 0.6 is 0 Å². The summed E-state index contributed by atoms with van der Waals surface area (Å²) in [4.78, 5) is 40.7. The number of anilines is 1. The lowest BCUT2D eigenvalue weighted by atomic mass is 9.59. The molecule has 0 radical (unpaired) electrons. The first-order valence-electron chi connectivity index (χ1n) is 12.3. The minimum absolute atomic E-state index is 0.0190. The smallest absolute Gasteiger partial charge is 0.256 e. The summed E-state index contributed by atoms with van der Waals surface area (Å²) < 4.78 is 0. The number of aliphatic hydroxyl groups excluding tert-OH is 2. The average molecular weight is 527 g/mol. The lowest BCUT2D eigenvalue weighted by Gasteiger charge is -2.46. The van der Waals surface area contributed by atoms with Gasteiger partial charge in [-0.05, 0) is 35.8 Å². The van der Waals surface area contributed by atoms with E-state index in [1.165, 1.54) is 0 Å². The first kappa shape index (κ1) is 27.3. The molecule has 1 amide bonds. The number of primary amides is 1. The highest BCUT2D eigenvalue weighted by Crippen LogP contribution is 2.52. The Morgan fingerprint density at radius 2 is 1.87 bits per heavy atom. The molecule has 11 heteroatoms. The number of aliphatic hydroxyl groups is 3. The van der Waals surface area contributed by atoms with E-state index in [1.54, 1.807) is 20.2 Å². The molecule has 1 aromatic carbocycles. The van der Waals surface area contributed by atoms with Gasteiger partial charge in [0.2, 0.25) is 5.78 Å². The van der Waals surface area contributed by atoms with Gasteiger partial charge in [-0.15, -0.1) is 0 Å².